The van der Waals surface area contributed by atoms with Crippen LogP contribution in [0.15, 0.2) is 30.3 Å². The Morgan fingerprint density at radius 2 is 1.63 bits per heavy atom. The molecule has 0 unspecified atom stereocenters. The monoisotopic (exact) mass is 421 g/mol. The summed E-state index contributed by atoms with van der Waals surface area (Å²) in [5, 5.41) is 6.38. The van der Waals surface area contributed by atoms with Gasteiger partial charge in [0.2, 0.25) is 0 Å². The summed E-state index contributed by atoms with van der Waals surface area (Å²) >= 11 is 0. The van der Waals surface area contributed by atoms with Gasteiger partial charge in [0.15, 0.2) is 0 Å². The summed E-state index contributed by atoms with van der Waals surface area (Å²) in [4.78, 5) is 23.1. The van der Waals surface area contributed by atoms with Gasteiger partial charge in [-0.1, -0.05) is 0 Å². The summed E-state index contributed by atoms with van der Waals surface area (Å²) in [6.45, 7) is 1.85. The van der Waals surface area contributed by atoms with Gasteiger partial charge in [0, 0.05) is 37.8 Å². The SMILES string of the molecule is Cc1nc(NC2CCC(NC(=O)c3ccc(C(F)(F)F)cc3)CC2)cc(N(C)C)n1. The van der Waals surface area contributed by atoms with E-state index in [9.17, 15) is 18.0 Å². The van der Waals surface area contributed by atoms with Crippen molar-refractivity contribution in [2.24, 2.45) is 0 Å². The van der Waals surface area contributed by atoms with Crippen LogP contribution in [0.4, 0.5) is 24.8 Å². The zero-order chi connectivity index (χ0) is 21.9. The highest BCUT2D eigenvalue weighted by Gasteiger charge is 2.30. The van der Waals surface area contributed by atoms with E-state index in [-0.39, 0.29) is 23.6 Å². The number of rotatable bonds is 5. The Bertz CT molecular complexity index is 875. The van der Waals surface area contributed by atoms with E-state index in [4.69, 9.17) is 0 Å². The van der Waals surface area contributed by atoms with Gasteiger partial charge in [-0.3, -0.25) is 4.79 Å². The average molecular weight is 421 g/mol. The normalized spacial score (nSPS) is 19.3. The van der Waals surface area contributed by atoms with Crippen LogP contribution < -0.4 is 15.5 Å². The number of aromatic nitrogens is 2. The van der Waals surface area contributed by atoms with Crippen molar-refractivity contribution in [2.45, 2.75) is 50.9 Å². The zero-order valence-electron chi connectivity index (χ0n) is 17.3. The van der Waals surface area contributed by atoms with Gasteiger partial charge >= 0.3 is 6.18 Å². The molecule has 1 aliphatic rings. The predicted octanol–water partition coefficient (Wildman–Crippen LogP) is 4.02. The Morgan fingerprint density at radius 3 is 2.20 bits per heavy atom. The second-order valence-electron chi connectivity index (χ2n) is 7.79. The number of nitrogens with one attached hydrogen (secondary N) is 2. The van der Waals surface area contributed by atoms with Crippen molar-refractivity contribution in [1.82, 2.24) is 15.3 Å². The first kappa shape index (κ1) is 21.9. The molecule has 1 aromatic heterocycles. The molecule has 1 fully saturated rings. The lowest BCUT2D eigenvalue weighted by molar-refractivity contribution is -0.137. The fourth-order valence-electron chi connectivity index (χ4n) is 3.53. The molecule has 6 nitrogen and oxygen atoms in total. The molecule has 2 N–H and O–H groups in total. The van der Waals surface area contributed by atoms with E-state index in [1.165, 1.54) is 12.1 Å². The lowest BCUT2D eigenvalue weighted by Gasteiger charge is -2.30. The van der Waals surface area contributed by atoms with Crippen molar-refractivity contribution in [3.63, 3.8) is 0 Å². The maximum Gasteiger partial charge on any atom is 0.416 e. The van der Waals surface area contributed by atoms with Gasteiger partial charge in [-0.05, 0) is 56.9 Å². The van der Waals surface area contributed by atoms with Crippen LogP contribution in [-0.2, 0) is 6.18 Å². The van der Waals surface area contributed by atoms with Gasteiger partial charge in [-0.25, -0.2) is 9.97 Å². The molecule has 0 bridgehead atoms. The van der Waals surface area contributed by atoms with Gasteiger partial charge in [0.1, 0.15) is 17.5 Å². The molecule has 0 atom stereocenters. The minimum Gasteiger partial charge on any atom is -0.367 e. The smallest absolute Gasteiger partial charge is 0.367 e. The minimum absolute atomic E-state index is 0.00214. The summed E-state index contributed by atoms with van der Waals surface area (Å²) in [6, 6.07) is 6.45. The number of alkyl halides is 3. The van der Waals surface area contributed by atoms with Crippen molar-refractivity contribution in [2.75, 3.05) is 24.3 Å². The first-order chi connectivity index (χ1) is 14.1. The Hall–Kier alpha value is -2.84. The third kappa shape index (κ3) is 5.61. The van der Waals surface area contributed by atoms with Crippen LogP contribution in [-0.4, -0.2) is 42.1 Å². The van der Waals surface area contributed by atoms with Crippen molar-refractivity contribution >= 4 is 17.5 Å². The Balaban J connectivity index is 1.51. The molecule has 1 heterocycles. The van der Waals surface area contributed by atoms with Crippen molar-refractivity contribution in [1.29, 1.82) is 0 Å². The third-order valence-corrected chi connectivity index (χ3v) is 5.17. The number of aryl methyl sites for hydroxylation is 1. The maximum absolute atomic E-state index is 12.7. The first-order valence-electron chi connectivity index (χ1n) is 9.89. The lowest BCUT2D eigenvalue weighted by atomic mass is 9.91. The molecule has 1 aromatic carbocycles. The van der Waals surface area contributed by atoms with Crippen LogP contribution in [0.3, 0.4) is 0 Å². The predicted molar refractivity (Wildman–Crippen MR) is 110 cm³/mol. The minimum atomic E-state index is -4.41. The zero-order valence-corrected chi connectivity index (χ0v) is 17.3. The van der Waals surface area contributed by atoms with E-state index in [1.807, 2.05) is 32.0 Å². The quantitative estimate of drug-likeness (QED) is 0.763. The molecule has 1 amide bonds. The van der Waals surface area contributed by atoms with Crippen molar-refractivity contribution < 1.29 is 18.0 Å². The van der Waals surface area contributed by atoms with E-state index in [1.54, 1.807) is 0 Å². The molecule has 3 rings (SSSR count). The van der Waals surface area contributed by atoms with Gasteiger partial charge in [-0.15, -0.1) is 0 Å². The Labute approximate surface area is 173 Å². The highest BCUT2D eigenvalue weighted by atomic mass is 19.4. The highest BCUT2D eigenvalue weighted by Crippen LogP contribution is 2.29. The number of halogens is 3. The number of nitrogens with zero attached hydrogens (tertiary/aromatic N) is 3. The van der Waals surface area contributed by atoms with Crippen LogP contribution in [0.2, 0.25) is 0 Å². The second kappa shape index (κ2) is 8.89. The maximum atomic E-state index is 12.7. The third-order valence-electron chi connectivity index (χ3n) is 5.17. The topological polar surface area (TPSA) is 70.2 Å². The van der Waals surface area contributed by atoms with E-state index < -0.39 is 11.7 Å². The molecule has 1 saturated carbocycles. The van der Waals surface area contributed by atoms with Crippen LogP contribution in [0, 0.1) is 6.92 Å². The van der Waals surface area contributed by atoms with E-state index in [2.05, 4.69) is 20.6 Å². The first-order valence-corrected chi connectivity index (χ1v) is 9.89. The second-order valence-corrected chi connectivity index (χ2v) is 7.79. The number of carbonyl (C=O) groups is 1. The summed E-state index contributed by atoms with van der Waals surface area (Å²) in [5.74, 6) is 1.97. The Kier molecular flexibility index (Phi) is 6.48. The number of anilines is 2. The fraction of sp³-hybridized carbons (Fsp3) is 0.476. The molecule has 0 saturated heterocycles. The summed E-state index contributed by atoms with van der Waals surface area (Å²) < 4.78 is 38.0. The molecule has 0 radical (unpaired) electrons. The van der Waals surface area contributed by atoms with Gasteiger partial charge in [0.05, 0.1) is 5.56 Å². The van der Waals surface area contributed by atoms with Gasteiger partial charge in [0.25, 0.3) is 5.91 Å². The van der Waals surface area contributed by atoms with Crippen LogP contribution in [0.5, 0.6) is 0 Å². The van der Waals surface area contributed by atoms with Crippen LogP contribution in [0.25, 0.3) is 0 Å². The summed E-state index contributed by atoms with van der Waals surface area (Å²) in [7, 11) is 3.85. The number of carbonyl (C=O) groups excluding carboxylic acids is 1. The standard InChI is InChI=1S/C21H26F3N5O/c1-13-25-18(12-19(26-13)29(2)3)27-16-8-10-17(11-9-16)28-20(30)14-4-6-15(7-5-14)21(22,23)24/h4-7,12,16-17H,8-11H2,1-3H3,(H,28,30)(H,25,26,27). The van der Waals surface area contributed by atoms with Gasteiger partial charge in [-0.2, -0.15) is 13.2 Å². The molecule has 0 spiro atoms. The lowest BCUT2D eigenvalue weighted by Crippen LogP contribution is -2.40. The number of hydrogen-bond acceptors (Lipinski definition) is 5. The van der Waals surface area contributed by atoms with E-state index in [0.29, 0.717) is 5.82 Å². The van der Waals surface area contributed by atoms with Crippen molar-refractivity contribution in [3.05, 3.63) is 47.3 Å². The summed E-state index contributed by atoms with van der Waals surface area (Å²) in [5.41, 5.74) is -0.529. The molecule has 2 aromatic rings. The van der Waals surface area contributed by atoms with Crippen LogP contribution in [0.1, 0.15) is 47.4 Å². The largest absolute Gasteiger partial charge is 0.416 e. The van der Waals surface area contributed by atoms with Crippen molar-refractivity contribution in [3.8, 4) is 0 Å². The molecule has 162 valence electrons. The molecular formula is C21H26F3N5O. The number of amides is 1. The molecule has 9 heteroatoms. The number of hydrogen-bond donors (Lipinski definition) is 2. The molecule has 0 aliphatic heterocycles. The summed E-state index contributed by atoms with van der Waals surface area (Å²) in [6.07, 6.45) is -1.12. The van der Waals surface area contributed by atoms with Gasteiger partial charge < -0.3 is 15.5 Å². The van der Waals surface area contributed by atoms with E-state index >= 15 is 0 Å². The molecule has 30 heavy (non-hydrogen) atoms. The average Bonchev–Trinajstić information content (AvgIpc) is 2.68. The van der Waals surface area contributed by atoms with Crippen LogP contribution >= 0.6 is 0 Å². The highest BCUT2D eigenvalue weighted by molar-refractivity contribution is 5.94. The molecular weight excluding hydrogens is 395 g/mol. The number of benzene rings is 1. The van der Waals surface area contributed by atoms with E-state index in [0.717, 1.165) is 49.5 Å². The molecule has 1 aliphatic carbocycles. The fourth-order valence-corrected chi connectivity index (χ4v) is 3.53. The Morgan fingerprint density at radius 1 is 1.03 bits per heavy atom.